The van der Waals surface area contributed by atoms with Crippen LogP contribution in [0.2, 0.25) is 0 Å². The Bertz CT molecular complexity index is 310. The number of rotatable bonds is 4. The molecule has 1 fully saturated rings. The highest BCUT2D eigenvalue weighted by atomic mass is 35.5. The number of hydrogen-bond acceptors (Lipinski definition) is 3. The summed E-state index contributed by atoms with van der Waals surface area (Å²) in [4.78, 5) is 11.5. The molecule has 2 heterocycles. The van der Waals surface area contributed by atoms with Crippen LogP contribution in [0.25, 0.3) is 0 Å². The minimum atomic E-state index is 0. The number of amides is 1. The van der Waals surface area contributed by atoms with Crippen LogP contribution in [-0.4, -0.2) is 25.5 Å². The van der Waals surface area contributed by atoms with Crippen LogP contribution in [0, 0.1) is 5.92 Å². The topological polar surface area (TPSA) is 41.1 Å². The van der Waals surface area contributed by atoms with Gasteiger partial charge in [-0.3, -0.25) is 4.79 Å². The van der Waals surface area contributed by atoms with Crippen molar-refractivity contribution >= 4 is 29.7 Å². The Balaban J connectivity index is 0.00000128. The molecule has 1 amide bonds. The first kappa shape index (κ1) is 13.5. The lowest BCUT2D eigenvalue weighted by Crippen LogP contribution is -2.31. The van der Waals surface area contributed by atoms with E-state index in [0.29, 0.717) is 12.3 Å². The van der Waals surface area contributed by atoms with Gasteiger partial charge in [-0.1, -0.05) is 0 Å². The van der Waals surface area contributed by atoms with E-state index in [-0.39, 0.29) is 18.3 Å². The van der Waals surface area contributed by atoms with Gasteiger partial charge in [-0.25, -0.2) is 0 Å². The van der Waals surface area contributed by atoms with Gasteiger partial charge in [0.15, 0.2) is 0 Å². The summed E-state index contributed by atoms with van der Waals surface area (Å²) in [6, 6.07) is 2.00. The molecular formula is C11H17ClN2OS. The first-order valence-electron chi connectivity index (χ1n) is 5.33. The van der Waals surface area contributed by atoms with Crippen molar-refractivity contribution in [2.45, 2.75) is 12.8 Å². The van der Waals surface area contributed by atoms with E-state index in [0.717, 1.165) is 25.2 Å². The molecule has 1 aliphatic heterocycles. The van der Waals surface area contributed by atoms with Gasteiger partial charge in [-0.2, -0.15) is 11.3 Å². The largest absolute Gasteiger partial charge is 0.355 e. The van der Waals surface area contributed by atoms with Gasteiger partial charge >= 0.3 is 0 Å². The molecule has 1 saturated heterocycles. The van der Waals surface area contributed by atoms with Crippen LogP contribution >= 0.6 is 23.7 Å². The molecule has 5 heteroatoms. The third-order valence-corrected chi connectivity index (χ3v) is 3.43. The van der Waals surface area contributed by atoms with E-state index in [1.165, 1.54) is 6.42 Å². The number of carbonyl (C=O) groups excluding carboxylic acids is 1. The molecule has 1 aromatic rings. The first-order valence-corrected chi connectivity index (χ1v) is 6.27. The number of halogens is 1. The van der Waals surface area contributed by atoms with Crippen LogP contribution < -0.4 is 10.6 Å². The Morgan fingerprint density at radius 1 is 1.62 bits per heavy atom. The predicted molar refractivity (Wildman–Crippen MR) is 69.3 cm³/mol. The molecule has 1 atom stereocenters. The molecule has 1 aromatic heterocycles. The minimum Gasteiger partial charge on any atom is -0.355 e. The van der Waals surface area contributed by atoms with E-state index < -0.39 is 0 Å². The molecule has 90 valence electrons. The zero-order valence-corrected chi connectivity index (χ0v) is 10.7. The van der Waals surface area contributed by atoms with E-state index in [1.54, 1.807) is 11.3 Å². The molecule has 0 radical (unpaired) electrons. The second kappa shape index (κ2) is 6.89. The van der Waals surface area contributed by atoms with E-state index in [9.17, 15) is 4.79 Å². The molecule has 1 aliphatic rings. The Hall–Kier alpha value is -0.580. The second-order valence-corrected chi connectivity index (χ2v) is 4.75. The van der Waals surface area contributed by atoms with Crippen LogP contribution in [0.3, 0.4) is 0 Å². The van der Waals surface area contributed by atoms with E-state index in [2.05, 4.69) is 10.6 Å². The fourth-order valence-electron chi connectivity index (χ4n) is 1.79. The highest BCUT2D eigenvalue weighted by Gasteiger charge is 2.14. The molecule has 0 aliphatic carbocycles. The molecule has 1 unspecified atom stereocenters. The molecule has 3 nitrogen and oxygen atoms in total. The lowest BCUT2D eigenvalue weighted by Gasteiger charge is -2.09. The second-order valence-electron chi connectivity index (χ2n) is 3.97. The molecule has 2 N–H and O–H groups in total. The lowest BCUT2D eigenvalue weighted by molar-refractivity contribution is -0.120. The smallest absolute Gasteiger partial charge is 0.224 e. The Kier molecular flexibility index (Phi) is 5.80. The SMILES string of the molecule is Cl.O=C(Cc1ccsc1)NCC1CCNC1. The van der Waals surface area contributed by atoms with Crippen LogP contribution in [0.5, 0.6) is 0 Å². The van der Waals surface area contributed by atoms with Crippen molar-refractivity contribution in [3.05, 3.63) is 22.4 Å². The highest BCUT2D eigenvalue weighted by molar-refractivity contribution is 7.07. The van der Waals surface area contributed by atoms with Crippen LogP contribution in [-0.2, 0) is 11.2 Å². The fraction of sp³-hybridized carbons (Fsp3) is 0.545. The van der Waals surface area contributed by atoms with Crippen molar-refractivity contribution in [2.75, 3.05) is 19.6 Å². The summed E-state index contributed by atoms with van der Waals surface area (Å²) in [5.74, 6) is 0.761. The van der Waals surface area contributed by atoms with Crippen molar-refractivity contribution < 1.29 is 4.79 Å². The maximum absolute atomic E-state index is 11.5. The molecule has 16 heavy (non-hydrogen) atoms. The third-order valence-electron chi connectivity index (χ3n) is 2.70. The third kappa shape index (κ3) is 4.12. The molecule has 0 saturated carbocycles. The van der Waals surface area contributed by atoms with Gasteiger partial charge < -0.3 is 10.6 Å². The summed E-state index contributed by atoms with van der Waals surface area (Å²) in [7, 11) is 0. The average Bonchev–Trinajstić information content (AvgIpc) is 2.86. The first-order chi connectivity index (χ1) is 7.34. The Morgan fingerprint density at radius 2 is 2.50 bits per heavy atom. The normalized spacial score (nSPS) is 19.1. The van der Waals surface area contributed by atoms with Gasteiger partial charge in [0.25, 0.3) is 0 Å². The molecule has 0 bridgehead atoms. The Labute approximate surface area is 106 Å². The maximum Gasteiger partial charge on any atom is 0.224 e. The van der Waals surface area contributed by atoms with Crippen LogP contribution in [0.4, 0.5) is 0 Å². The predicted octanol–water partition coefficient (Wildman–Crippen LogP) is 1.44. The molecular weight excluding hydrogens is 244 g/mol. The number of nitrogens with one attached hydrogen (secondary N) is 2. The minimum absolute atomic E-state index is 0. The summed E-state index contributed by atoms with van der Waals surface area (Å²) in [5, 5.41) is 10.3. The summed E-state index contributed by atoms with van der Waals surface area (Å²) in [6.07, 6.45) is 1.70. The zero-order chi connectivity index (χ0) is 10.5. The molecule has 0 aromatic carbocycles. The Morgan fingerprint density at radius 3 is 3.12 bits per heavy atom. The van der Waals surface area contributed by atoms with Crippen LogP contribution in [0.1, 0.15) is 12.0 Å². The molecule has 2 rings (SSSR count). The highest BCUT2D eigenvalue weighted by Crippen LogP contribution is 2.07. The van der Waals surface area contributed by atoms with Gasteiger partial charge in [0.05, 0.1) is 6.42 Å². The van der Waals surface area contributed by atoms with E-state index in [1.807, 2.05) is 16.8 Å². The standard InChI is InChI=1S/C11H16N2OS.ClH/c14-11(5-9-2-4-15-8-9)13-7-10-1-3-12-6-10;/h2,4,8,10,12H,1,3,5-7H2,(H,13,14);1H. The monoisotopic (exact) mass is 260 g/mol. The van der Waals surface area contributed by atoms with E-state index in [4.69, 9.17) is 0 Å². The summed E-state index contributed by atoms with van der Waals surface area (Å²) in [5.41, 5.74) is 1.11. The van der Waals surface area contributed by atoms with E-state index >= 15 is 0 Å². The van der Waals surface area contributed by atoms with Gasteiger partial charge in [0.2, 0.25) is 5.91 Å². The van der Waals surface area contributed by atoms with Crippen molar-refractivity contribution in [1.82, 2.24) is 10.6 Å². The summed E-state index contributed by atoms with van der Waals surface area (Å²) < 4.78 is 0. The zero-order valence-electron chi connectivity index (χ0n) is 9.07. The van der Waals surface area contributed by atoms with Crippen molar-refractivity contribution in [3.8, 4) is 0 Å². The van der Waals surface area contributed by atoms with Gasteiger partial charge in [-0.15, -0.1) is 12.4 Å². The van der Waals surface area contributed by atoms with Crippen molar-refractivity contribution in [2.24, 2.45) is 5.92 Å². The average molecular weight is 261 g/mol. The lowest BCUT2D eigenvalue weighted by atomic mass is 10.1. The number of thiophene rings is 1. The van der Waals surface area contributed by atoms with Crippen molar-refractivity contribution in [1.29, 1.82) is 0 Å². The maximum atomic E-state index is 11.5. The quantitative estimate of drug-likeness (QED) is 0.860. The fourth-order valence-corrected chi connectivity index (χ4v) is 2.46. The van der Waals surface area contributed by atoms with Crippen molar-refractivity contribution in [3.63, 3.8) is 0 Å². The summed E-state index contributed by atoms with van der Waals surface area (Å²) >= 11 is 1.63. The number of hydrogen-bond donors (Lipinski definition) is 2. The summed E-state index contributed by atoms with van der Waals surface area (Å²) in [6.45, 7) is 2.94. The van der Waals surface area contributed by atoms with Gasteiger partial charge in [0, 0.05) is 6.54 Å². The van der Waals surface area contributed by atoms with Gasteiger partial charge in [0.1, 0.15) is 0 Å². The van der Waals surface area contributed by atoms with Gasteiger partial charge in [-0.05, 0) is 47.8 Å². The van der Waals surface area contributed by atoms with Crippen LogP contribution in [0.15, 0.2) is 16.8 Å². The molecule has 0 spiro atoms. The number of carbonyl (C=O) groups is 1.